The van der Waals surface area contributed by atoms with Crippen molar-refractivity contribution in [2.75, 3.05) is 19.6 Å². The number of quaternary nitrogens is 2. The number of carbonyl (C=O) groups is 1. The average Bonchev–Trinajstić information content (AvgIpc) is 2.05. The molecule has 0 aliphatic carbocycles. The Morgan fingerprint density at radius 1 is 1.36 bits per heavy atom. The van der Waals surface area contributed by atoms with E-state index in [2.05, 4.69) is 11.1 Å². The van der Waals surface area contributed by atoms with Crippen LogP contribution in [0.15, 0.2) is 0 Å². The first-order chi connectivity index (χ1) is 5.68. The lowest BCUT2D eigenvalue weighted by molar-refractivity contribution is -0.670. The van der Waals surface area contributed by atoms with Crippen LogP contribution in [-0.4, -0.2) is 30.7 Å². The molecule has 1 heterocycles. The molecule has 86 valence electrons. The molecule has 0 radical (unpaired) electrons. The van der Waals surface area contributed by atoms with E-state index in [4.69, 9.17) is 5.11 Å². The van der Waals surface area contributed by atoms with Gasteiger partial charge in [-0.25, -0.2) is 0 Å². The molecule has 0 amide bonds. The molecule has 6 N–H and O–H groups in total. The first kappa shape index (κ1) is 16.4. The van der Waals surface area contributed by atoms with Crippen molar-refractivity contribution in [1.29, 1.82) is 0 Å². The molecule has 14 heavy (non-hydrogen) atoms. The van der Waals surface area contributed by atoms with Crippen molar-refractivity contribution < 1.29 is 45.8 Å². The molecule has 0 aromatic rings. The highest BCUT2D eigenvalue weighted by molar-refractivity contribution is 5.67. The molecular weight excluding hydrogens is 227 g/mol. The molecule has 0 aromatic carbocycles. The van der Waals surface area contributed by atoms with Crippen LogP contribution in [0.4, 0.5) is 0 Å². The smallest absolute Gasteiger partial charge is 0.304 e. The van der Waals surface area contributed by atoms with Crippen LogP contribution in [0.2, 0.25) is 0 Å². The van der Waals surface area contributed by atoms with Crippen LogP contribution >= 0.6 is 0 Å². The van der Waals surface area contributed by atoms with Gasteiger partial charge in [0, 0.05) is 18.3 Å². The number of aliphatic carboxylic acids is 1. The summed E-state index contributed by atoms with van der Waals surface area (Å²) in [5, 5.41) is 11.0. The summed E-state index contributed by atoms with van der Waals surface area (Å²) in [6, 6.07) is 0. The van der Waals surface area contributed by atoms with Crippen molar-refractivity contribution in [3.63, 3.8) is 0 Å². The Kier molecular flexibility index (Phi) is 8.54. The van der Waals surface area contributed by atoms with E-state index in [-0.39, 0.29) is 30.2 Å². The highest BCUT2D eigenvalue weighted by atomic mass is 35.5. The lowest BCUT2D eigenvalue weighted by Gasteiger charge is -2.31. The van der Waals surface area contributed by atoms with Crippen LogP contribution in [0.5, 0.6) is 0 Å². The van der Waals surface area contributed by atoms with Gasteiger partial charge in [-0.3, -0.25) is 4.79 Å². The van der Waals surface area contributed by atoms with Crippen LogP contribution in [0.3, 0.4) is 0 Å². The number of hydrogen-bond acceptors (Lipinski definition) is 1. The lowest BCUT2D eigenvalue weighted by atomic mass is 9.76. The number of rotatable bonds is 3. The van der Waals surface area contributed by atoms with Crippen LogP contribution < -0.4 is 35.9 Å². The van der Waals surface area contributed by atoms with E-state index in [1.165, 1.54) is 0 Å². The van der Waals surface area contributed by atoms with Crippen molar-refractivity contribution in [3.8, 4) is 0 Å². The fourth-order valence-corrected chi connectivity index (χ4v) is 1.92. The number of hydrogen-bond donors (Lipinski definition) is 3. The van der Waals surface area contributed by atoms with Crippen molar-refractivity contribution in [3.05, 3.63) is 0 Å². The summed E-state index contributed by atoms with van der Waals surface area (Å²) in [7, 11) is 0. The highest BCUT2D eigenvalue weighted by Crippen LogP contribution is 2.29. The quantitative estimate of drug-likeness (QED) is 0.461. The topological polar surface area (TPSA) is 81.5 Å². The summed E-state index contributed by atoms with van der Waals surface area (Å²) < 4.78 is 0. The molecule has 1 saturated heterocycles. The Morgan fingerprint density at radius 2 is 1.86 bits per heavy atom. The number of halogens is 2. The minimum Gasteiger partial charge on any atom is -1.00 e. The zero-order valence-corrected chi connectivity index (χ0v) is 9.65. The third kappa shape index (κ3) is 4.46. The fraction of sp³-hybridized carbons (Fsp3) is 0.875. The second kappa shape index (κ2) is 7.29. The van der Waals surface area contributed by atoms with Gasteiger partial charge >= 0.3 is 5.97 Å². The zero-order valence-electron chi connectivity index (χ0n) is 8.14. The van der Waals surface area contributed by atoms with Gasteiger partial charge in [-0.05, 0) is 0 Å². The van der Waals surface area contributed by atoms with E-state index >= 15 is 0 Å². The monoisotopic (exact) mass is 244 g/mol. The molecule has 0 atom stereocenters. The summed E-state index contributed by atoms with van der Waals surface area (Å²) in [6.07, 6.45) is 2.30. The van der Waals surface area contributed by atoms with Gasteiger partial charge in [-0.2, -0.15) is 0 Å². The maximum Gasteiger partial charge on any atom is 0.304 e. The molecule has 0 unspecified atom stereocenters. The Hall–Kier alpha value is -0.0300. The van der Waals surface area contributed by atoms with Gasteiger partial charge in [-0.1, -0.05) is 0 Å². The standard InChI is InChI=1S/C8H16N2O2.2ClH/c9-6-8(5-7(11)12)1-3-10-4-2-8;;/h10H,1-6,9H2,(H,11,12);2*1H. The van der Waals surface area contributed by atoms with Gasteiger partial charge < -0.3 is 41.0 Å². The second-order valence-electron chi connectivity index (χ2n) is 3.69. The molecule has 1 aliphatic rings. The van der Waals surface area contributed by atoms with E-state index in [1.807, 2.05) is 0 Å². The summed E-state index contributed by atoms with van der Waals surface area (Å²) >= 11 is 0. The number of piperidine rings is 1. The van der Waals surface area contributed by atoms with Gasteiger partial charge in [0.15, 0.2) is 0 Å². The predicted octanol–water partition coefficient (Wildman–Crippen LogP) is -7.95. The summed E-state index contributed by atoms with van der Waals surface area (Å²) in [5.41, 5.74) is 3.86. The molecule has 1 rings (SSSR count). The van der Waals surface area contributed by atoms with Gasteiger partial charge in [0.05, 0.1) is 26.1 Å². The van der Waals surface area contributed by atoms with Gasteiger partial charge in [0.25, 0.3) is 0 Å². The molecule has 0 aromatic heterocycles. The molecule has 0 bridgehead atoms. The second-order valence-corrected chi connectivity index (χ2v) is 3.69. The predicted molar refractivity (Wildman–Crippen MR) is 43.3 cm³/mol. The minimum absolute atomic E-state index is 0. The van der Waals surface area contributed by atoms with Crippen molar-refractivity contribution in [2.24, 2.45) is 5.41 Å². The Bertz CT molecular complexity index is 173. The summed E-state index contributed by atoms with van der Waals surface area (Å²) in [4.78, 5) is 10.6. The maximum absolute atomic E-state index is 10.6. The van der Waals surface area contributed by atoms with Gasteiger partial charge in [-0.15, -0.1) is 0 Å². The van der Waals surface area contributed by atoms with E-state index < -0.39 is 5.97 Å². The average molecular weight is 245 g/mol. The van der Waals surface area contributed by atoms with Gasteiger partial charge in [0.2, 0.25) is 0 Å². The third-order valence-electron chi connectivity index (χ3n) is 2.81. The van der Waals surface area contributed by atoms with Crippen LogP contribution in [0.1, 0.15) is 19.3 Å². The SMILES string of the molecule is [Cl-].[Cl-].[NH3+]CC1(CC(=O)O)CC[NH2+]CC1. The minimum atomic E-state index is -0.680. The number of carboxylic acid groups (broad SMARTS) is 1. The number of nitrogens with two attached hydrogens (primary N) is 1. The Morgan fingerprint density at radius 3 is 2.21 bits per heavy atom. The summed E-state index contributed by atoms with van der Waals surface area (Å²) in [5.74, 6) is -0.680. The molecule has 6 heteroatoms. The van der Waals surface area contributed by atoms with E-state index in [0.717, 1.165) is 32.5 Å². The Labute approximate surface area is 96.4 Å². The first-order valence-electron chi connectivity index (χ1n) is 4.51. The largest absolute Gasteiger partial charge is 1.00 e. The maximum atomic E-state index is 10.6. The van der Waals surface area contributed by atoms with E-state index in [0.29, 0.717) is 6.42 Å². The third-order valence-corrected chi connectivity index (χ3v) is 2.81. The van der Waals surface area contributed by atoms with E-state index in [9.17, 15) is 4.79 Å². The highest BCUT2D eigenvalue weighted by Gasteiger charge is 2.36. The molecule has 1 aliphatic heterocycles. The van der Waals surface area contributed by atoms with Crippen LogP contribution in [0.25, 0.3) is 0 Å². The van der Waals surface area contributed by atoms with Crippen LogP contribution in [0, 0.1) is 5.41 Å². The van der Waals surface area contributed by atoms with Crippen molar-refractivity contribution in [1.82, 2.24) is 0 Å². The molecule has 0 spiro atoms. The summed E-state index contributed by atoms with van der Waals surface area (Å²) in [6.45, 7) is 2.87. The van der Waals surface area contributed by atoms with Crippen molar-refractivity contribution in [2.45, 2.75) is 19.3 Å². The van der Waals surface area contributed by atoms with E-state index in [1.54, 1.807) is 0 Å². The van der Waals surface area contributed by atoms with Crippen LogP contribution in [-0.2, 0) is 4.79 Å². The first-order valence-corrected chi connectivity index (χ1v) is 4.51. The molecule has 4 nitrogen and oxygen atoms in total. The van der Waals surface area contributed by atoms with Gasteiger partial charge in [0.1, 0.15) is 0 Å². The lowest BCUT2D eigenvalue weighted by Crippen LogP contribution is -3.00. The normalized spacial score (nSPS) is 18.9. The van der Waals surface area contributed by atoms with Crippen molar-refractivity contribution >= 4 is 5.97 Å². The zero-order chi connectivity index (χ0) is 9.03. The molecule has 0 saturated carbocycles. The molecule has 1 fully saturated rings. The fourth-order valence-electron chi connectivity index (χ4n) is 1.92. The number of carboxylic acids is 1. The molecular formula is C8H18Cl2N2O2. The Balaban J connectivity index is 0.